The number of hydrogen-bond donors (Lipinski definition) is 20. The number of unbranched alkanes of at least 4 members (excludes halogenated alkanes) is 2. The summed E-state index contributed by atoms with van der Waals surface area (Å²) >= 11 is 0.773. The first-order chi connectivity index (χ1) is 65.8. The second-order valence-electron chi connectivity index (χ2n) is 35.5. The second kappa shape index (κ2) is 51.8. The molecule has 2 unspecified atom stereocenters. The van der Waals surface area contributed by atoms with E-state index in [0.29, 0.717) is 75.4 Å². The van der Waals surface area contributed by atoms with Gasteiger partial charge in [-0.05, 0) is 112 Å². The van der Waals surface area contributed by atoms with Gasteiger partial charge < -0.3 is 125 Å². The Kier molecular flexibility index (Phi) is 40.4. The molecule has 3 saturated heterocycles. The molecule has 3 fully saturated rings. The van der Waals surface area contributed by atoms with E-state index in [1.165, 1.54) is 52.7 Å². The largest absolute Gasteiger partial charge is 0.394 e. The lowest BCUT2D eigenvalue weighted by atomic mass is 10.00. The number of hydrogen-bond acceptors (Lipinski definition) is 23. The normalized spacial score (nSPS) is 24.4. The molecule has 6 aromatic rings. The van der Waals surface area contributed by atoms with Crippen molar-refractivity contribution in [3.05, 3.63) is 126 Å². The van der Waals surface area contributed by atoms with E-state index < -0.39 is 241 Å². The summed E-state index contributed by atoms with van der Waals surface area (Å²) in [5.41, 5.74) is 20.3. The van der Waals surface area contributed by atoms with E-state index in [2.05, 4.69) is 78.4 Å². The van der Waals surface area contributed by atoms with Gasteiger partial charge in [0.1, 0.15) is 84.6 Å². The maximum absolute atomic E-state index is 15.8. The highest BCUT2D eigenvalue weighted by atomic mass is 32.2. The number of primary amides is 2. The lowest BCUT2D eigenvalue weighted by Crippen LogP contribution is -2.62. The van der Waals surface area contributed by atoms with Crippen LogP contribution in [-0.2, 0) is 107 Å². The zero-order chi connectivity index (χ0) is 101. The molecule has 15 atom stereocenters. The van der Waals surface area contributed by atoms with E-state index in [9.17, 15) is 58.6 Å². The zero-order valence-electron chi connectivity index (χ0n) is 78.8. The molecule has 44 nitrogen and oxygen atoms in total. The number of imidazole rings is 1. The van der Waals surface area contributed by atoms with Crippen LogP contribution in [0.5, 0.6) is 0 Å². The van der Waals surface area contributed by atoms with Gasteiger partial charge in [-0.3, -0.25) is 86.9 Å². The maximum Gasteiger partial charge on any atom is 0.246 e. The Balaban J connectivity index is 1.10. The van der Waals surface area contributed by atoms with E-state index in [-0.39, 0.29) is 96.1 Å². The number of rotatable bonds is 27. The van der Waals surface area contributed by atoms with Gasteiger partial charge in [-0.1, -0.05) is 102 Å². The van der Waals surface area contributed by atoms with Crippen LogP contribution in [0.15, 0.2) is 97.7 Å². The molecule has 138 heavy (non-hydrogen) atoms. The lowest BCUT2D eigenvalue weighted by Gasteiger charge is -2.36. The number of aromatic amines is 3. The van der Waals surface area contributed by atoms with Crippen LogP contribution in [0, 0.1) is 22.7 Å². The van der Waals surface area contributed by atoms with Crippen LogP contribution in [0.4, 0.5) is 0 Å². The fraction of sp³-hybridized carbons (Fsp3) is 0.527. The van der Waals surface area contributed by atoms with Gasteiger partial charge in [-0.25, -0.2) is 4.98 Å². The van der Waals surface area contributed by atoms with Gasteiger partial charge >= 0.3 is 0 Å². The number of amides is 17. The fourth-order valence-electron chi connectivity index (χ4n) is 17.0. The van der Waals surface area contributed by atoms with Crippen LogP contribution in [0.25, 0.3) is 21.8 Å². The molecule has 3 aliphatic heterocycles. The number of nitrogens with two attached hydrogens (primary N) is 3. The molecule has 9 rings (SSSR count). The quantitative estimate of drug-likeness (QED) is 0.0146. The van der Waals surface area contributed by atoms with Crippen LogP contribution in [0.2, 0.25) is 0 Å². The number of carbonyl (C=O) groups is 17. The number of likely N-dealkylation sites (N-methyl/N-ethyl adjacent to an activating group) is 3. The number of carbonyl (C=O) groups excluding carboxylic acids is 17. The van der Waals surface area contributed by atoms with Crippen LogP contribution < -0.4 is 75.7 Å². The molecule has 0 saturated carbocycles. The third-order valence-electron chi connectivity index (χ3n) is 24.7. The number of aromatic nitrogens is 4. The number of nitrogens with zero attached hydrogens (tertiary/aromatic N) is 7. The molecule has 17 amide bonds. The van der Waals surface area contributed by atoms with E-state index in [1.54, 1.807) is 86.9 Å². The van der Waals surface area contributed by atoms with Gasteiger partial charge in [0, 0.05) is 118 Å². The molecule has 3 aromatic heterocycles. The summed E-state index contributed by atoms with van der Waals surface area (Å²) in [5, 5.41) is 70.6. The van der Waals surface area contributed by atoms with Gasteiger partial charge in [0.2, 0.25) is 100 Å². The molecule has 0 radical (unpaired) electrons. The smallest absolute Gasteiger partial charge is 0.246 e. The van der Waals surface area contributed by atoms with E-state index in [0.717, 1.165) is 36.3 Å². The van der Waals surface area contributed by atoms with Crippen molar-refractivity contribution in [2.45, 2.75) is 241 Å². The molecule has 0 bridgehead atoms. The van der Waals surface area contributed by atoms with Gasteiger partial charge in [0.15, 0.2) is 5.96 Å². The van der Waals surface area contributed by atoms with E-state index in [4.69, 9.17) is 22.6 Å². The molecule has 3 aliphatic rings. The van der Waals surface area contributed by atoms with Gasteiger partial charge in [-0.15, -0.1) is 11.8 Å². The number of aliphatic hydroxyl groups excluding tert-OH is 2. The minimum absolute atomic E-state index is 0.0131. The Labute approximate surface area is 802 Å². The molecule has 0 spiro atoms. The number of nitrogens with one attached hydrogen (secondary N) is 15. The van der Waals surface area contributed by atoms with Crippen molar-refractivity contribution < 1.29 is 91.7 Å². The topological polar surface area (TPSA) is 665 Å². The standard InChI is InChI=1S/C93H129N25O19S/c1-9-11-24-72-85(130)106-63(23-17-33-100-93(97)98)81(126)113-71(80(125)103-45-77(96)122)48-138-49-78(123)105-64(32-31-53-27-29-54(41-94)30-28-53)88(133)114(6)52(5)79(124)109-69(40-76(95)121)90(135)117-34-18-26-73(117)86(131)108-66(38-57-44-99-50-104-57)83(128)110-67(35-51(3)4)91(136)118-46-58(120)39-75(118)87(132)107-65(36-55-42-101-61-21-15-13-19-59(55)61)82(127)112-70(47-119)84(129)111-68(37-56-43-102-62-22-16-14-20-60(56)62)89(134)116(8)74(25-12-10-2)92(137)115(72)7/h13-16,19-22,27-30,42-44,50-52,58,63-75,101-102,119-120H,9-12,17-18,23-26,31-40,45-49H2,1-8H3,(H2,95,121)(H2,96,122)(H,99,104)(H,103,125)(H,105,123)(H,106,130)(H,107,132)(H,108,131)(H,109,124)(H,110,128)(H,111,129)(H,112,127)(H,113,126)(H4,97,98,100)/t52-,58+,63-,64-,65-,66-,67-,68-,69?,70-,71-,72-,73-,74-,75?/m0/s1. The van der Waals surface area contributed by atoms with Gasteiger partial charge in [-0.2, -0.15) is 5.26 Å². The second-order valence-corrected chi connectivity index (χ2v) is 36.5. The highest BCUT2D eigenvalue weighted by molar-refractivity contribution is 8.00. The van der Waals surface area contributed by atoms with Crippen molar-refractivity contribution in [2.75, 3.05) is 65.4 Å². The number of aryl methyl sites for hydroxylation is 1. The first-order valence-corrected chi connectivity index (χ1v) is 47.5. The van der Waals surface area contributed by atoms with Crippen molar-refractivity contribution in [1.82, 2.24) is 103 Å². The van der Waals surface area contributed by atoms with Gasteiger partial charge in [0.05, 0.1) is 49.4 Å². The van der Waals surface area contributed by atoms with E-state index in [1.807, 2.05) is 19.9 Å². The summed E-state index contributed by atoms with van der Waals surface area (Å²) < 4.78 is 0. The summed E-state index contributed by atoms with van der Waals surface area (Å²) in [4.78, 5) is 270. The molecule has 3 aromatic carbocycles. The van der Waals surface area contributed by atoms with Crippen molar-refractivity contribution >= 4 is 140 Å². The molecule has 45 heteroatoms. The number of nitriles is 1. The monoisotopic (exact) mass is 1930 g/mol. The first-order valence-electron chi connectivity index (χ1n) is 46.3. The van der Waals surface area contributed by atoms with Crippen molar-refractivity contribution in [2.24, 2.45) is 23.1 Å². The highest BCUT2D eigenvalue weighted by Gasteiger charge is 2.47. The number of H-pyrrole nitrogens is 3. The van der Waals surface area contributed by atoms with Crippen molar-refractivity contribution in [3.8, 4) is 6.07 Å². The summed E-state index contributed by atoms with van der Waals surface area (Å²) in [6.07, 6.45) is 3.87. The molecule has 6 heterocycles. The van der Waals surface area contributed by atoms with Crippen molar-refractivity contribution in [3.63, 3.8) is 0 Å². The Morgan fingerprint density at radius 1 is 0.572 bits per heavy atom. The summed E-state index contributed by atoms with van der Waals surface area (Å²) in [6, 6.07) is 0.606. The average molecular weight is 1930 g/mol. The fourth-order valence-corrected chi connectivity index (χ4v) is 17.9. The van der Waals surface area contributed by atoms with Crippen LogP contribution >= 0.6 is 11.8 Å². The lowest BCUT2D eigenvalue weighted by molar-refractivity contribution is -0.149. The number of para-hydroxylation sites is 2. The Bertz CT molecular complexity index is 5370. The Morgan fingerprint density at radius 2 is 1.12 bits per heavy atom. The van der Waals surface area contributed by atoms with Gasteiger partial charge in [0.25, 0.3) is 0 Å². The molecular formula is C93H129N25O19S. The average Bonchev–Trinajstić information content (AvgIpc) is 1.67. The van der Waals surface area contributed by atoms with Crippen LogP contribution in [0.1, 0.15) is 152 Å². The molecule has 23 N–H and O–H groups in total. The maximum atomic E-state index is 15.8. The molecular weight excluding hydrogens is 1800 g/mol. The third-order valence-corrected chi connectivity index (χ3v) is 25.8. The van der Waals surface area contributed by atoms with Crippen LogP contribution in [-0.4, -0.2) is 317 Å². The highest BCUT2D eigenvalue weighted by Crippen LogP contribution is 2.28. The number of guanidine groups is 1. The first kappa shape index (κ1) is 108. The number of aliphatic hydroxyl groups is 2. The Hall–Kier alpha value is -14.0. The predicted octanol–water partition coefficient (Wildman–Crippen LogP) is -2.37. The molecule has 746 valence electrons. The minimum Gasteiger partial charge on any atom is -0.394 e. The third kappa shape index (κ3) is 30.0. The van der Waals surface area contributed by atoms with Crippen molar-refractivity contribution in [1.29, 1.82) is 10.7 Å². The number of thioether (sulfide) groups is 1. The SMILES string of the molecule is CCCC[C@H]1C(=O)N(C)[C@@H](CCCC)C(=O)N[C@@H](CCCNC(=N)N)C(=O)N[C@H](C(=O)NCC(N)=O)CSCC(=O)N[C@@H](CCc2ccc(C#N)cc2)C(=O)N(C)[C@@H](C)C(=O)NC(CC(N)=O)C(=O)N2CCC[C@H]2C(=O)N[C@@H](Cc2cnc[nH]2)C(=O)N[C@@H](CC(C)C)C(=O)N2C[C@H](O)CC2C(=O)N[C@@H](Cc2c[nH]c3ccccc23)C(=O)N[C@@H](CO)C(=O)N[C@@H](Cc2c[nH]c3ccccc23)C(=O)N1C. The summed E-state index contributed by atoms with van der Waals surface area (Å²) in [6.45, 7) is 6.02. The minimum atomic E-state index is -1.90. The predicted molar refractivity (Wildman–Crippen MR) is 507 cm³/mol. The van der Waals surface area contributed by atoms with Crippen LogP contribution in [0.3, 0.4) is 0 Å². The Morgan fingerprint density at radius 3 is 1.72 bits per heavy atom. The van der Waals surface area contributed by atoms with E-state index >= 15 is 38.4 Å². The summed E-state index contributed by atoms with van der Waals surface area (Å²) in [5.74, 6) is -17.8. The number of benzene rings is 3. The molecule has 0 aliphatic carbocycles. The number of fused-ring (bicyclic) bond motifs is 4. The zero-order valence-corrected chi connectivity index (χ0v) is 79.6. The summed E-state index contributed by atoms with van der Waals surface area (Å²) in [7, 11) is 3.92.